The summed E-state index contributed by atoms with van der Waals surface area (Å²) in [6.45, 7) is 10.9. The average Bonchev–Trinajstić information content (AvgIpc) is 1.84. The normalized spacial score (nSPS) is 13.2. The standard InChI is InChI=1S/C11H23N/c1-9(2)7-6-8-11(5)12-10(3)4/h7,10-12H,6,8H2,1-5H3/t11-/m1/s1. The van der Waals surface area contributed by atoms with Gasteiger partial charge in [-0.25, -0.2) is 0 Å². The summed E-state index contributed by atoms with van der Waals surface area (Å²) in [5, 5.41) is 3.49. The van der Waals surface area contributed by atoms with E-state index < -0.39 is 0 Å². The van der Waals surface area contributed by atoms with E-state index in [9.17, 15) is 0 Å². The fourth-order valence-electron chi connectivity index (χ4n) is 1.27. The van der Waals surface area contributed by atoms with Crippen molar-refractivity contribution in [3.63, 3.8) is 0 Å². The third-order valence-electron chi connectivity index (χ3n) is 1.77. The van der Waals surface area contributed by atoms with Gasteiger partial charge in [0.2, 0.25) is 0 Å². The molecule has 1 atom stereocenters. The molecule has 0 bridgehead atoms. The van der Waals surface area contributed by atoms with Gasteiger partial charge in [-0.05, 0) is 33.6 Å². The molecule has 1 N–H and O–H groups in total. The zero-order valence-electron chi connectivity index (χ0n) is 9.15. The van der Waals surface area contributed by atoms with Crippen molar-refractivity contribution in [2.24, 2.45) is 0 Å². The Morgan fingerprint density at radius 3 is 2.25 bits per heavy atom. The van der Waals surface area contributed by atoms with Gasteiger partial charge in [0.15, 0.2) is 0 Å². The van der Waals surface area contributed by atoms with Crippen molar-refractivity contribution in [2.45, 2.75) is 59.5 Å². The zero-order valence-corrected chi connectivity index (χ0v) is 9.15. The molecule has 0 aromatic rings. The first kappa shape index (κ1) is 11.7. The van der Waals surface area contributed by atoms with E-state index in [-0.39, 0.29) is 0 Å². The first-order chi connectivity index (χ1) is 5.52. The predicted octanol–water partition coefficient (Wildman–Crippen LogP) is 3.12. The molecule has 0 amide bonds. The molecule has 0 rings (SSSR count). The smallest absolute Gasteiger partial charge is 0.00440 e. The van der Waals surface area contributed by atoms with Crippen LogP contribution in [0.5, 0.6) is 0 Å². The Kier molecular flexibility index (Phi) is 6.09. The molecule has 0 aliphatic carbocycles. The Hall–Kier alpha value is -0.300. The Balaban J connectivity index is 3.44. The van der Waals surface area contributed by atoms with Crippen molar-refractivity contribution >= 4 is 0 Å². The molecule has 1 nitrogen and oxygen atoms in total. The molecule has 0 spiro atoms. The first-order valence-corrected chi connectivity index (χ1v) is 4.91. The number of hydrogen-bond acceptors (Lipinski definition) is 1. The number of hydrogen-bond donors (Lipinski definition) is 1. The minimum atomic E-state index is 0.603. The highest BCUT2D eigenvalue weighted by Gasteiger charge is 2.00. The highest BCUT2D eigenvalue weighted by molar-refractivity contribution is 4.93. The van der Waals surface area contributed by atoms with Gasteiger partial charge in [-0.3, -0.25) is 0 Å². The summed E-state index contributed by atoms with van der Waals surface area (Å²) in [7, 11) is 0. The molecule has 12 heavy (non-hydrogen) atoms. The van der Waals surface area contributed by atoms with Gasteiger partial charge >= 0.3 is 0 Å². The van der Waals surface area contributed by atoms with Crippen LogP contribution in [0.25, 0.3) is 0 Å². The Morgan fingerprint density at radius 1 is 1.25 bits per heavy atom. The molecule has 0 aliphatic rings. The minimum Gasteiger partial charge on any atom is -0.312 e. The maximum atomic E-state index is 3.49. The van der Waals surface area contributed by atoms with Gasteiger partial charge in [0.25, 0.3) is 0 Å². The lowest BCUT2D eigenvalue weighted by molar-refractivity contribution is 0.468. The van der Waals surface area contributed by atoms with Gasteiger partial charge in [-0.15, -0.1) is 0 Å². The summed E-state index contributed by atoms with van der Waals surface area (Å²) in [5.41, 5.74) is 1.42. The average molecular weight is 169 g/mol. The van der Waals surface area contributed by atoms with Crippen LogP contribution in [0.1, 0.15) is 47.5 Å². The van der Waals surface area contributed by atoms with Crippen LogP contribution in [0, 0.1) is 0 Å². The summed E-state index contributed by atoms with van der Waals surface area (Å²) in [6.07, 6.45) is 4.74. The molecule has 72 valence electrons. The molecule has 0 fully saturated rings. The summed E-state index contributed by atoms with van der Waals surface area (Å²) in [6, 6.07) is 1.24. The molecule has 0 aliphatic heterocycles. The second-order valence-corrected chi connectivity index (χ2v) is 4.08. The van der Waals surface area contributed by atoms with Gasteiger partial charge in [0.05, 0.1) is 0 Å². The SMILES string of the molecule is CC(C)=CCC[C@@H](C)NC(C)C. The highest BCUT2D eigenvalue weighted by atomic mass is 14.9. The lowest BCUT2D eigenvalue weighted by atomic mass is 10.1. The predicted molar refractivity (Wildman–Crippen MR) is 56.4 cm³/mol. The number of allylic oxidation sites excluding steroid dienone is 2. The third kappa shape index (κ3) is 7.80. The van der Waals surface area contributed by atoms with E-state index in [1.165, 1.54) is 18.4 Å². The molecule has 0 radical (unpaired) electrons. The molecule has 0 saturated carbocycles. The van der Waals surface area contributed by atoms with E-state index in [0.29, 0.717) is 12.1 Å². The van der Waals surface area contributed by atoms with E-state index in [4.69, 9.17) is 0 Å². The van der Waals surface area contributed by atoms with Gasteiger partial charge in [0.1, 0.15) is 0 Å². The number of nitrogens with one attached hydrogen (secondary N) is 1. The van der Waals surface area contributed by atoms with Crippen molar-refractivity contribution in [3.05, 3.63) is 11.6 Å². The quantitative estimate of drug-likeness (QED) is 0.623. The Labute approximate surface area is 77.2 Å². The topological polar surface area (TPSA) is 12.0 Å². The summed E-state index contributed by atoms with van der Waals surface area (Å²) < 4.78 is 0. The van der Waals surface area contributed by atoms with Gasteiger partial charge in [-0.2, -0.15) is 0 Å². The van der Waals surface area contributed by atoms with E-state index in [1.807, 2.05) is 0 Å². The maximum absolute atomic E-state index is 3.49. The van der Waals surface area contributed by atoms with Crippen LogP contribution in [-0.4, -0.2) is 12.1 Å². The Bertz CT molecular complexity index is 132. The summed E-state index contributed by atoms with van der Waals surface area (Å²) >= 11 is 0. The van der Waals surface area contributed by atoms with Gasteiger partial charge in [0, 0.05) is 12.1 Å². The van der Waals surface area contributed by atoms with Crippen molar-refractivity contribution in [2.75, 3.05) is 0 Å². The monoisotopic (exact) mass is 169 g/mol. The van der Waals surface area contributed by atoms with E-state index in [1.54, 1.807) is 0 Å². The highest BCUT2D eigenvalue weighted by Crippen LogP contribution is 2.01. The third-order valence-corrected chi connectivity index (χ3v) is 1.77. The Morgan fingerprint density at radius 2 is 1.83 bits per heavy atom. The van der Waals surface area contributed by atoms with E-state index in [2.05, 4.69) is 46.0 Å². The number of rotatable bonds is 5. The van der Waals surface area contributed by atoms with Crippen LogP contribution in [-0.2, 0) is 0 Å². The van der Waals surface area contributed by atoms with E-state index >= 15 is 0 Å². The second kappa shape index (κ2) is 6.24. The fraction of sp³-hybridized carbons (Fsp3) is 0.818. The van der Waals surface area contributed by atoms with Crippen LogP contribution < -0.4 is 5.32 Å². The molecule has 1 heteroatoms. The van der Waals surface area contributed by atoms with Crippen LogP contribution in [0.3, 0.4) is 0 Å². The molecule has 0 aromatic heterocycles. The largest absolute Gasteiger partial charge is 0.312 e. The van der Waals surface area contributed by atoms with Crippen LogP contribution in [0.4, 0.5) is 0 Å². The maximum Gasteiger partial charge on any atom is 0.00440 e. The molecule has 0 aromatic carbocycles. The summed E-state index contributed by atoms with van der Waals surface area (Å²) in [5.74, 6) is 0. The minimum absolute atomic E-state index is 0.603. The van der Waals surface area contributed by atoms with Crippen molar-refractivity contribution in [1.29, 1.82) is 0 Å². The van der Waals surface area contributed by atoms with Gasteiger partial charge in [-0.1, -0.05) is 25.5 Å². The van der Waals surface area contributed by atoms with Gasteiger partial charge < -0.3 is 5.32 Å². The second-order valence-electron chi connectivity index (χ2n) is 4.08. The van der Waals surface area contributed by atoms with Crippen LogP contribution in [0.15, 0.2) is 11.6 Å². The first-order valence-electron chi connectivity index (χ1n) is 4.91. The fourth-order valence-corrected chi connectivity index (χ4v) is 1.27. The molecular weight excluding hydrogens is 146 g/mol. The van der Waals surface area contributed by atoms with Crippen LogP contribution >= 0.6 is 0 Å². The van der Waals surface area contributed by atoms with Crippen LogP contribution in [0.2, 0.25) is 0 Å². The molecule has 0 heterocycles. The molecular formula is C11H23N. The van der Waals surface area contributed by atoms with Crippen molar-refractivity contribution in [1.82, 2.24) is 5.32 Å². The van der Waals surface area contributed by atoms with Crippen molar-refractivity contribution < 1.29 is 0 Å². The lowest BCUT2D eigenvalue weighted by Gasteiger charge is -2.15. The summed E-state index contributed by atoms with van der Waals surface area (Å²) in [4.78, 5) is 0. The zero-order chi connectivity index (χ0) is 9.56. The van der Waals surface area contributed by atoms with E-state index in [0.717, 1.165) is 0 Å². The molecule has 0 saturated heterocycles. The van der Waals surface area contributed by atoms with Crippen molar-refractivity contribution in [3.8, 4) is 0 Å². The molecule has 0 unspecified atom stereocenters. The lowest BCUT2D eigenvalue weighted by Crippen LogP contribution is -2.32.